The lowest BCUT2D eigenvalue weighted by Gasteiger charge is -2.28. The van der Waals surface area contributed by atoms with Gasteiger partial charge in [-0.05, 0) is 25.0 Å². The van der Waals surface area contributed by atoms with Crippen molar-refractivity contribution in [3.8, 4) is 0 Å². The molecule has 0 bridgehead atoms. The van der Waals surface area contributed by atoms with E-state index in [9.17, 15) is 4.79 Å². The van der Waals surface area contributed by atoms with Crippen molar-refractivity contribution in [2.75, 3.05) is 5.32 Å². The Balaban J connectivity index is 1.74. The van der Waals surface area contributed by atoms with Crippen molar-refractivity contribution in [1.29, 1.82) is 0 Å². The van der Waals surface area contributed by atoms with Gasteiger partial charge in [0.05, 0.1) is 16.2 Å². The van der Waals surface area contributed by atoms with Crippen LogP contribution in [-0.4, -0.2) is 25.9 Å². The zero-order valence-electron chi connectivity index (χ0n) is 13.8. The molecule has 1 aliphatic carbocycles. The second-order valence-corrected chi connectivity index (χ2v) is 7.38. The standard InChI is InChI=1S/C18H18ClN5O/c1-24-12-7-3-6-11(19)15(12)17(23-24)10-8-13(25)20-18-14(10)16(21-22-18)9-4-2-5-9/h3,6-7,9-10H,2,4-5,8H2,1H3,(H2,20,21,22,25). The highest BCUT2D eigenvalue weighted by Crippen LogP contribution is 2.46. The first-order valence-corrected chi connectivity index (χ1v) is 9.00. The minimum Gasteiger partial charge on any atom is -0.309 e. The second kappa shape index (κ2) is 5.33. The molecule has 1 fully saturated rings. The molecule has 2 aliphatic rings. The Kier molecular flexibility index (Phi) is 3.19. The highest BCUT2D eigenvalue weighted by Gasteiger charge is 2.37. The predicted molar refractivity (Wildman–Crippen MR) is 96.0 cm³/mol. The summed E-state index contributed by atoms with van der Waals surface area (Å²) in [5.74, 6) is 0.991. The topological polar surface area (TPSA) is 75.6 Å². The molecule has 6 nitrogen and oxygen atoms in total. The first-order chi connectivity index (χ1) is 12.1. The molecule has 0 saturated heterocycles. The highest BCUT2D eigenvalue weighted by molar-refractivity contribution is 6.35. The second-order valence-electron chi connectivity index (χ2n) is 6.98. The fourth-order valence-corrected chi connectivity index (χ4v) is 4.34. The molecule has 5 rings (SSSR count). The summed E-state index contributed by atoms with van der Waals surface area (Å²) in [6.45, 7) is 0. The van der Waals surface area contributed by atoms with Gasteiger partial charge < -0.3 is 5.32 Å². The van der Waals surface area contributed by atoms with Gasteiger partial charge in [0.1, 0.15) is 0 Å². The third-order valence-electron chi connectivity index (χ3n) is 5.53. The van der Waals surface area contributed by atoms with E-state index < -0.39 is 0 Å². The molecule has 1 aromatic carbocycles. The van der Waals surface area contributed by atoms with Gasteiger partial charge in [0.25, 0.3) is 0 Å². The van der Waals surface area contributed by atoms with Crippen LogP contribution in [0.2, 0.25) is 5.02 Å². The largest absolute Gasteiger partial charge is 0.309 e. The van der Waals surface area contributed by atoms with Crippen molar-refractivity contribution in [1.82, 2.24) is 20.0 Å². The number of aryl methyl sites for hydroxylation is 1. The van der Waals surface area contributed by atoms with E-state index in [1.807, 2.05) is 29.9 Å². The van der Waals surface area contributed by atoms with E-state index >= 15 is 0 Å². The van der Waals surface area contributed by atoms with E-state index in [1.165, 1.54) is 19.3 Å². The lowest BCUT2D eigenvalue weighted by molar-refractivity contribution is -0.116. The van der Waals surface area contributed by atoms with Gasteiger partial charge in [-0.3, -0.25) is 14.6 Å². The number of carbonyl (C=O) groups is 1. The molecule has 3 heterocycles. The van der Waals surface area contributed by atoms with Crippen LogP contribution in [0.25, 0.3) is 10.9 Å². The lowest BCUT2D eigenvalue weighted by atomic mass is 9.77. The van der Waals surface area contributed by atoms with Gasteiger partial charge in [0, 0.05) is 41.9 Å². The van der Waals surface area contributed by atoms with E-state index in [0.29, 0.717) is 23.2 Å². The number of carbonyl (C=O) groups excluding carboxylic acids is 1. The van der Waals surface area contributed by atoms with E-state index in [1.54, 1.807) is 0 Å². The summed E-state index contributed by atoms with van der Waals surface area (Å²) in [6.07, 6.45) is 3.94. The summed E-state index contributed by atoms with van der Waals surface area (Å²) >= 11 is 6.50. The van der Waals surface area contributed by atoms with Gasteiger partial charge in [-0.15, -0.1) is 0 Å². The van der Waals surface area contributed by atoms with Crippen LogP contribution >= 0.6 is 11.6 Å². The lowest BCUT2D eigenvalue weighted by Crippen LogP contribution is -2.25. The maximum atomic E-state index is 12.3. The SMILES string of the molecule is Cn1nc(C2CC(=O)Nc3n[nH]c(C4CCC4)c32)c2c(Cl)cccc21. The van der Waals surface area contributed by atoms with E-state index in [0.717, 1.165) is 27.9 Å². The molecule has 1 aliphatic heterocycles. The molecule has 1 amide bonds. The van der Waals surface area contributed by atoms with Gasteiger partial charge in [-0.1, -0.05) is 24.1 Å². The highest BCUT2D eigenvalue weighted by atomic mass is 35.5. The van der Waals surface area contributed by atoms with Crippen molar-refractivity contribution >= 4 is 34.2 Å². The smallest absolute Gasteiger partial charge is 0.226 e. The Bertz CT molecular complexity index is 1000. The van der Waals surface area contributed by atoms with Crippen LogP contribution in [0.5, 0.6) is 0 Å². The first kappa shape index (κ1) is 15.0. The molecular formula is C18H18ClN5O. The monoisotopic (exact) mass is 355 g/mol. The fourth-order valence-electron chi connectivity index (χ4n) is 4.07. The number of hydrogen-bond donors (Lipinski definition) is 2. The molecule has 0 spiro atoms. The van der Waals surface area contributed by atoms with Crippen LogP contribution in [0.4, 0.5) is 5.82 Å². The number of hydrogen-bond acceptors (Lipinski definition) is 3. The average Bonchev–Trinajstić information content (AvgIpc) is 3.08. The van der Waals surface area contributed by atoms with Crippen LogP contribution in [0.15, 0.2) is 18.2 Å². The number of aromatic nitrogens is 4. The maximum Gasteiger partial charge on any atom is 0.226 e. The van der Waals surface area contributed by atoms with Crippen LogP contribution in [0, 0.1) is 0 Å². The maximum absolute atomic E-state index is 12.3. The number of fused-ring (bicyclic) bond motifs is 2. The molecule has 2 aromatic heterocycles. The summed E-state index contributed by atoms with van der Waals surface area (Å²) in [4.78, 5) is 12.3. The molecular weight excluding hydrogens is 338 g/mol. The molecule has 2 N–H and O–H groups in total. The van der Waals surface area contributed by atoms with Crippen molar-refractivity contribution in [3.63, 3.8) is 0 Å². The number of halogens is 1. The molecule has 7 heteroatoms. The molecule has 1 unspecified atom stereocenters. The Labute approximate surface area is 149 Å². The van der Waals surface area contributed by atoms with Crippen LogP contribution < -0.4 is 5.32 Å². The Morgan fingerprint density at radius 1 is 1.32 bits per heavy atom. The fraction of sp³-hybridized carbons (Fsp3) is 0.389. The number of aromatic amines is 1. The molecule has 3 aromatic rings. The van der Waals surface area contributed by atoms with Gasteiger partial charge >= 0.3 is 0 Å². The van der Waals surface area contributed by atoms with E-state index in [4.69, 9.17) is 16.7 Å². The van der Waals surface area contributed by atoms with Crippen molar-refractivity contribution in [3.05, 3.63) is 40.2 Å². The van der Waals surface area contributed by atoms with E-state index in [-0.39, 0.29) is 11.8 Å². The Hall–Kier alpha value is -2.34. The van der Waals surface area contributed by atoms with Gasteiger partial charge in [-0.2, -0.15) is 10.2 Å². The van der Waals surface area contributed by atoms with Gasteiger partial charge in [-0.25, -0.2) is 0 Å². The number of rotatable bonds is 2. The van der Waals surface area contributed by atoms with Crippen LogP contribution in [-0.2, 0) is 11.8 Å². The average molecular weight is 356 g/mol. The van der Waals surface area contributed by atoms with Crippen molar-refractivity contribution in [2.24, 2.45) is 7.05 Å². The first-order valence-electron chi connectivity index (χ1n) is 8.62. The molecule has 1 saturated carbocycles. The zero-order chi connectivity index (χ0) is 17.1. The van der Waals surface area contributed by atoms with Crippen molar-refractivity contribution in [2.45, 2.75) is 37.5 Å². The summed E-state index contributed by atoms with van der Waals surface area (Å²) < 4.78 is 1.84. The zero-order valence-corrected chi connectivity index (χ0v) is 14.6. The Morgan fingerprint density at radius 3 is 2.92 bits per heavy atom. The third-order valence-corrected chi connectivity index (χ3v) is 5.84. The van der Waals surface area contributed by atoms with Gasteiger partial charge in [0.15, 0.2) is 5.82 Å². The normalized spacial score (nSPS) is 20.4. The Morgan fingerprint density at radius 2 is 2.16 bits per heavy atom. The number of anilines is 1. The van der Waals surface area contributed by atoms with Gasteiger partial charge in [0.2, 0.25) is 5.91 Å². The summed E-state index contributed by atoms with van der Waals surface area (Å²) in [7, 11) is 1.91. The van der Waals surface area contributed by atoms with E-state index in [2.05, 4.69) is 15.5 Å². The number of nitrogens with zero attached hydrogens (tertiary/aromatic N) is 3. The number of benzene rings is 1. The molecule has 128 valence electrons. The minimum atomic E-state index is -0.123. The van der Waals surface area contributed by atoms with Crippen molar-refractivity contribution < 1.29 is 4.79 Å². The summed E-state index contributed by atoms with van der Waals surface area (Å²) in [5.41, 5.74) is 4.08. The molecule has 25 heavy (non-hydrogen) atoms. The third kappa shape index (κ3) is 2.13. The summed E-state index contributed by atoms with van der Waals surface area (Å²) in [6, 6.07) is 5.80. The minimum absolute atomic E-state index is 0.0324. The number of H-pyrrole nitrogens is 1. The molecule has 0 radical (unpaired) electrons. The number of nitrogens with one attached hydrogen (secondary N) is 2. The number of amides is 1. The predicted octanol–water partition coefficient (Wildman–Crippen LogP) is 3.69. The quantitative estimate of drug-likeness (QED) is 0.736. The summed E-state index contributed by atoms with van der Waals surface area (Å²) in [5, 5.41) is 16.8. The molecule has 1 atom stereocenters. The van der Waals surface area contributed by atoms with Crippen LogP contribution in [0.3, 0.4) is 0 Å². The van der Waals surface area contributed by atoms with Crippen LogP contribution in [0.1, 0.15) is 54.5 Å².